The van der Waals surface area contributed by atoms with Gasteiger partial charge in [0, 0.05) is 42.7 Å². The lowest BCUT2D eigenvalue weighted by Gasteiger charge is -2.19. The number of anilines is 2. The number of nitrogens with one attached hydrogen (secondary N) is 3. The molecule has 1 fully saturated rings. The van der Waals surface area contributed by atoms with Gasteiger partial charge < -0.3 is 16.0 Å². The number of carbonyl (C=O) groups is 1. The zero-order valence-corrected chi connectivity index (χ0v) is 14.6. The molecule has 0 saturated carbocycles. The van der Waals surface area contributed by atoms with Crippen LogP contribution in [0.25, 0.3) is 0 Å². The highest BCUT2D eigenvalue weighted by Crippen LogP contribution is 2.32. The maximum Gasteiger partial charge on any atom is 0.224 e. The van der Waals surface area contributed by atoms with E-state index < -0.39 is 0 Å². The van der Waals surface area contributed by atoms with Gasteiger partial charge in [0.15, 0.2) is 5.82 Å². The molecule has 0 aromatic carbocycles. The molecule has 2 aromatic heterocycles. The summed E-state index contributed by atoms with van der Waals surface area (Å²) in [5.41, 5.74) is 2.98. The Bertz CT molecular complexity index is 896. The Hall–Kier alpha value is -2.93. The first-order valence-electron chi connectivity index (χ1n) is 8.30. The SMILES string of the molecule is O=C1CC2CC(Nc3nc(NCc4cccnc4)ncc3Cl)=CC=C2N1. The third-order valence-electron chi connectivity index (χ3n) is 4.28. The Balaban J connectivity index is 1.44. The number of halogens is 1. The Morgan fingerprint density at radius 2 is 2.19 bits per heavy atom. The fraction of sp³-hybridized carbons (Fsp3) is 0.222. The fourth-order valence-electron chi connectivity index (χ4n) is 3.00. The number of allylic oxidation sites excluding steroid dienone is 4. The molecular formula is C18H17ClN6O. The third kappa shape index (κ3) is 3.67. The Labute approximate surface area is 155 Å². The maximum atomic E-state index is 11.5. The van der Waals surface area contributed by atoms with Crippen LogP contribution in [-0.4, -0.2) is 20.9 Å². The van der Waals surface area contributed by atoms with Crippen molar-refractivity contribution in [2.45, 2.75) is 19.4 Å². The number of fused-ring (bicyclic) bond motifs is 1. The largest absolute Gasteiger partial charge is 0.350 e. The predicted molar refractivity (Wildman–Crippen MR) is 99.3 cm³/mol. The van der Waals surface area contributed by atoms with Crippen LogP contribution in [0, 0.1) is 5.92 Å². The van der Waals surface area contributed by atoms with Crippen LogP contribution in [-0.2, 0) is 11.3 Å². The fourth-order valence-corrected chi connectivity index (χ4v) is 3.14. The van der Waals surface area contributed by atoms with Crippen molar-refractivity contribution < 1.29 is 4.79 Å². The van der Waals surface area contributed by atoms with Crippen molar-refractivity contribution >= 4 is 29.3 Å². The van der Waals surface area contributed by atoms with Gasteiger partial charge in [0.25, 0.3) is 0 Å². The normalized spacial score (nSPS) is 18.5. The molecule has 2 aliphatic rings. The van der Waals surface area contributed by atoms with Crippen LogP contribution in [0.2, 0.25) is 5.02 Å². The van der Waals surface area contributed by atoms with Gasteiger partial charge in [0.2, 0.25) is 11.9 Å². The van der Waals surface area contributed by atoms with E-state index in [1.54, 1.807) is 18.6 Å². The van der Waals surface area contributed by atoms with Crippen LogP contribution in [0.4, 0.5) is 11.8 Å². The minimum absolute atomic E-state index is 0.0675. The second-order valence-corrected chi connectivity index (χ2v) is 6.60. The van der Waals surface area contributed by atoms with E-state index in [2.05, 4.69) is 30.9 Å². The standard InChI is InChI=1S/C18H17ClN6O/c19-14-10-22-18(21-9-11-2-1-5-20-8-11)25-17(14)23-13-3-4-15-12(6-13)7-16(26)24-15/h1-5,8,10,12H,6-7,9H2,(H,24,26)(H2,21,22,23,25). The van der Waals surface area contributed by atoms with Crippen LogP contribution < -0.4 is 16.0 Å². The number of hydrogen-bond acceptors (Lipinski definition) is 6. The third-order valence-corrected chi connectivity index (χ3v) is 4.56. The first-order valence-corrected chi connectivity index (χ1v) is 8.68. The zero-order chi connectivity index (χ0) is 17.9. The molecule has 1 aliphatic carbocycles. The van der Waals surface area contributed by atoms with Crippen molar-refractivity contribution in [3.63, 3.8) is 0 Å². The van der Waals surface area contributed by atoms with Gasteiger partial charge >= 0.3 is 0 Å². The van der Waals surface area contributed by atoms with Crippen molar-refractivity contribution in [2.75, 3.05) is 10.6 Å². The van der Waals surface area contributed by atoms with Gasteiger partial charge in [-0.15, -0.1) is 0 Å². The van der Waals surface area contributed by atoms with Gasteiger partial charge in [-0.3, -0.25) is 9.78 Å². The van der Waals surface area contributed by atoms with E-state index in [-0.39, 0.29) is 11.8 Å². The van der Waals surface area contributed by atoms with E-state index in [0.717, 1.165) is 23.4 Å². The number of rotatable bonds is 5. The Kier molecular flexibility index (Phi) is 4.53. The molecule has 26 heavy (non-hydrogen) atoms. The quantitative estimate of drug-likeness (QED) is 0.751. The molecule has 1 unspecified atom stereocenters. The molecule has 0 spiro atoms. The monoisotopic (exact) mass is 368 g/mol. The average Bonchev–Trinajstić information content (AvgIpc) is 3.02. The number of pyridine rings is 1. The van der Waals surface area contributed by atoms with Crippen molar-refractivity contribution in [3.8, 4) is 0 Å². The van der Waals surface area contributed by atoms with Gasteiger partial charge in [-0.05, 0) is 30.2 Å². The predicted octanol–water partition coefficient (Wildman–Crippen LogP) is 2.86. The van der Waals surface area contributed by atoms with Gasteiger partial charge in [-0.1, -0.05) is 17.7 Å². The van der Waals surface area contributed by atoms with Crippen LogP contribution in [0.3, 0.4) is 0 Å². The molecule has 0 bridgehead atoms. The van der Waals surface area contributed by atoms with Crippen molar-refractivity contribution in [1.29, 1.82) is 0 Å². The van der Waals surface area contributed by atoms with E-state index in [4.69, 9.17) is 11.6 Å². The lowest BCUT2D eigenvalue weighted by molar-refractivity contribution is -0.119. The highest BCUT2D eigenvalue weighted by Gasteiger charge is 2.29. The first kappa shape index (κ1) is 16.5. The molecular weight excluding hydrogens is 352 g/mol. The molecule has 132 valence electrons. The summed E-state index contributed by atoms with van der Waals surface area (Å²) in [7, 11) is 0. The highest BCUT2D eigenvalue weighted by atomic mass is 35.5. The number of hydrogen-bond donors (Lipinski definition) is 3. The summed E-state index contributed by atoms with van der Waals surface area (Å²) in [6, 6.07) is 3.86. The lowest BCUT2D eigenvalue weighted by atomic mass is 9.95. The molecule has 1 amide bonds. The maximum absolute atomic E-state index is 11.5. The molecule has 3 heterocycles. The first-order chi connectivity index (χ1) is 12.7. The molecule has 7 nitrogen and oxygen atoms in total. The molecule has 8 heteroatoms. The molecule has 3 N–H and O–H groups in total. The second-order valence-electron chi connectivity index (χ2n) is 6.20. The van der Waals surface area contributed by atoms with Gasteiger partial charge in [0.1, 0.15) is 5.02 Å². The lowest BCUT2D eigenvalue weighted by Crippen LogP contribution is -2.15. The Morgan fingerprint density at radius 1 is 1.27 bits per heavy atom. The number of nitrogens with zero attached hydrogens (tertiary/aromatic N) is 3. The second kappa shape index (κ2) is 7.13. The summed E-state index contributed by atoms with van der Waals surface area (Å²) in [4.78, 5) is 24.3. The minimum atomic E-state index is 0.0675. The van der Waals surface area contributed by atoms with E-state index in [1.165, 1.54) is 0 Å². The average molecular weight is 369 g/mol. The molecule has 1 atom stereocenters. The van der Waals surface area contributed by atoms with E-state index >= 15 is 0 Å². The number of amides is 1. The van der Waals surface area contributed by atoms with E-state index in [0.29, 0.717) is 29.8 Å². The van der Waals surface area contributed by atoms with Crippen LogP contribution in [0.1, 0.15) is 18.4 Å². The van der Waals surface area contributed by atoms with Crippen LogP contribution in [0.15, 0.2) is 54.3 Å². The number of carbonyl (C=O) groups excluding carboxylic acids is 1. The summed E-state index contributed by atoms with van der Waals surface area (Å²) in [5.74, 6) is 1.28. The zero-order valence-electron chi connectivity index (χ0n) is 13.9. The smallest absolute Gasteiger partial charge is 0.224 e. The van der Waals surface area contributed by atoms with Crippen molar-refractivity contribution in [1.82, 2.24) is 20.3 Å². The summed E-state index contributed by atoms with van der Waals surface area (Å²) >= 11 is 6.23. The van der Waals surface area contributed by atoms with Crippen LogP contribution >= 0.6 is 11.6 Å². The summed E-state index contributed by atoms with van der Waals surface area (Å²) in [6.45, 7) is 0.569. The molecule has 2 aromatic rings. The molecule has 4 rings (SSSR count). The highest BCUT2D eigenvalue weighted by molar-refractivity contribution is 6.32. The summed E-state index contributed by atoms with van der Waals surface area (Å²) in [6.07, 6.45) is 10.2. The summed E-state index contributed by atoms with van der Waals surface area (Å²) < 4.78 is 0. The van der Waals surface area contributed by atoms with Gasteiger partial charge in [0.05, 0.1) is 6.20 Å². The van der Waals surface area contributed by atoms with Gasteiger partial charge in [-0.25, -0.2) is 4.98 Å². The Morgan fingerprint density at radius 3 is 3.04 bits per heavy atom. The van der Waals surface area contributed by atoms with Crippen molar-refractivity contribution in [3.05, 3.63) is 64.9 Å². The molecule has 0 radical (unpaired) electrons. The molecule has 1 saturated heterocycles. The summed E-state index contributed by atoms with van der Waals surface area (Å²) in [5, 5.41) is 9.73. The number of aromatic nitrogens is 3. The van der Waals surface area contributed by atoms with Gasteiger partial charge in [-0.2, -0.15) is 4.98 Å². The van der Waals surface area contributed by atoms with E-state index in [9.17, 15) is 4.79 Å². The minimum Gasteiger partial charge on any atom is -0.350 e. The van der Waals surface area contributed by atoms with E-state index in [1.807, 2.05) is 24.3 Å². The van der Waals surface area contributed by atoms with Crippen molar-refractivity contribution in [2.24, 2.45) is 5.92 Å². The van der Waals surface area contributed by atoms with Crippen LogP contribution in [0.5, 0.6) is 0 Å². The topological polar surface area (TPSA) is 91.8 Å². The molecule has 1 aliphatic heterocycles.